The van der Waals surface area contributed by atoms with Crippen LogP contribution in [0.1, 0.15) is 17.0 Å². The van der Waals surface area contributed by atoms with Crippen LogP contribution in [0.15, 0.2) is 71.7 Å². The zero-order valence-electron chi connectivity index (χ0n) is 14.3. The van der Waals surface area contributed by atoms with Gasteiger partial charge in [-0.3, -0.25) is 0 Å². The highest BCUT2D eigenvalue weighted by molar-refractivity contribution is 5.36. The van der Waals surface area contributed by atoms with E-state index in [1.54, 1.807) is 0 Å². The molecule has 2 heterocycles. The van der Waals surface area contributed by atoms with Gasteiger partial charge in [-0.15, -0.1) is 0 Å². The molecule has 4 rings (SSSR count). The summed E-state index contributed by atoms with van der Waals surface area (Å²) in [6.07, 6.45) is 0. The lowest BCUT2D eigenvalue weighted by atomic mass is 10.2. The van der Waals surface area contributed by atoms with Crippen LogP contribution in [-0.2, 0) is 6.54 Å². The van der Waals surface area contributed by atoms with Gasteiger partial charge in [-0.25, -0.2) is 19.2 Å². The number of aryl methyl sites for hydroxylation is 2. The predicted molar refractivity (Wildman–Crippen MR) is 97.7 cm³/mol. The summed E-state index contributed by atoms with van der Waals surface area (Å²) < 4.78 is 4.10. The van der Waals surface area contributed by atoms with Crippen LogP contribution in [0.5, 0.6) is 0 Å². The smallest absolute Gasteiger partial charge is 0.240 e. The molecule has 0 spiro atoms. The number of fused-ring (bicyclic) bond motifs is 1. The number of hydrogen-bond donors (Lipinski definition) is 0. The van der Waals surface area contributed by atoms with Crippen molar-refractivity contribution in [2.24, 2.45) is 4.99 Å². The molecule has 5 heteroatoms. The Kier molecular flexibility index (Phi) is 3.90. The van der Waals surface area contributed by atoms with E-state index in [9.17, 15) is 0 Å². The Morgan fingerprint density at radius 3 is 2.28 bits per heavy atom. The van der Waals surface area contributed by atoms with Gasteiger partial charge in [0, 0.05) is 11.4 Å². The first-order chi connectivity index (χ1) is 12.2. The number of rotatable bonds is 3. The topological polar surface area (TPSA) is 47.5 Å². The van der Waals surface area contributed by atoms with E-state index in [1.165, 1.54) is 5.56 Å². The largest absolute Gasteiger partial charge is 0.252 e. The van der Waals surface area contributed by atoms with E-state index in [-0.39, 0.29) is 0 Å². The van der Waals surface area contributed by atoms with E-state index >= 15 is 0 Å². The molecule has 4 aromatic rings. The quantitative estimate of drug-likeness (QED) is 0.578. The predicted octanol–water partition coefficient (Wildman–Crippen LogP) is 3.43. The number of para-hydroxylation sites is 1. The third-order valence-electron chi connectivity index (χ3n) is 4.05. The third-order valence-corrected chi connectivity index (χ3v) is 4.05. The normalized spacial score (nSPS) is 12.0. The van der Waals surface area contributed by atoms with E-state index < -0.39 is 0 Å². The summed E-state index contributed by atoms with van der Waals surface area (Å²) in [5.74, 6) is 0.670. The summed E-state index contributed by atoms with van der Waals surface area (Å²) in [6, 6.07) is 22.3. The Morgan fingerprint density at radius 2 is 1.56 bits per heavy atom. The second kappa shape index (κ2) is 6.36. The van der Waals surface area contributed by atoms with E-state index in [4.69, 9.17) is 4.99 Å². The zero-order chi connectivity index (χ0) is 17.2. The molecule has 0 saturated carbocycles. The van der Waals surface area contributed by atoms with Crippen molar-refractivity contribution < 1.29 is 0 Å². The van der Waals surface area contributed by atoms with Crippen LogP contribution < -0.4 is 5.62 Å². The van der Waals surface area contributed by atoms with Gasteiger partial charge in [-0.2, -0.15) is 4.98 Å². The van der Waals surface area contributed by atoms with Gasteiger partial charge in [-0.05, 0) is 37.6 Å². The van der Waals surface area contributed by atoms with Crippen molar-refractivity contribution in [3.05, 3.63) is 89.3 Å². The second-order valence-electron chi connectivity index (χ2n) is 6.05. The van der Waals surface area contributed by atoms with Crippen LogP contribution in [0.3, 0.4) is 0 Å². The summed E-state index contributed by atoms with van der Waals surface area (Å²) >= 11 is 0. The Balaban J connectivity index is 1.96. The van der Waals surface area contributed by atoms with Gasteiger partial charge in [0.2, 0.25) is 5.62 Å². The molecule has 0 saturated heterocycles. The molecule has 5 nitrogen and oxygen atoms in total. The van der Waals surface area contributed by atoms with Gasteiger partial charge in [-0.1, -0.05) is 48.5 Å². The lowest BCUT2D eigenvalue weighted by Gasteiger charge is -2.09. The molecular formula is C20H19N5. The van der Waals surface area contributed by atoms with Crippen molar-refractivity contribution in [3.8, 4) is 0 Å². The Labute approximate surface area is 145 Å². The minimum Gasteiger partial charge on any atom is -0.240 e. The molecule has 0 amide bonds. The van der Waals surface area contributed by atoms with Crippen molar-refractivity contribution in [1.29, 1.82) is 0 Å². The van der Waals surface area contributed by atoms with Gasteiger partial charge in [0.25, 0.3) is 5.78 Å². The van der Waals surface area contributed by atoms with E-state index in [1.807, 2.05) is 60.0 Å². The third kappa shape index (κ3) is 3.08. The van der Waals surface area contributed by atoms with E-state index in [2.05, 4.69) is 39.8 Å². The maximum atomic E-state index is 4.74. The van der Waals surface area contributed by atoms with Crippen molar-refractivity contribution in [2.75, 3.05) is 0 Å². The average Bonchev–Trinajstić information content (AvgIpc) is 2.94. The lowest BCUT2D eigenvalue weighted by molar-refractivity contribution is 0.590. The van der Waals surface area contributed by atoms with Crippen molar-refractivity contribution in [2.45, 2.75) is 20.4 Å². The first-order valence-electron chi connectivity index (χ1n) is 8.28. The van der Waals surface area contributed by atoms with Crippen LogP contribution in [-0.4, -0.2) is 19.2 Å². The number of nitrogens with zero attached hydrogens (tertiary/aromatic N) is 5. The minimum atomic E-state index is 0.649. The molecule has 2 aromatic carbocycles. The molecule has 0 atom stereocenters. The maximum Gasteiger partial charge on any atom is 0.252 e. The molecule has 0 unspecified atom stereocenters. The summed E-state index contributed by atoms with van der Waals surface area (Å²) in [6.45, 7) is 4.73. The summed E-state index contributed by atoms with van der Waals surface area (Å²) in [7, 11) is 0. The summed E-state index contributed by atoms with van der Waals surface area (Å²) in [5, 5.41) is 0. The first kappa shape index (κ1) is 15.3. The van der Waals surface area contributed by atoms with Crippen molar-refractivity contribution in [1.82, 2.24) is 19.2 Å². The molecule has 2 aromatic heterocycles. The van der Waals surface area contributed by atoms with Gasteiger partial charge >= 0.3 is 0 Å². The fraction of sp³-hybridized carbons (Fsp3) is 0.150. The lowest BCUT2D eigenvalue weighted by Crippen LogP contribution is -2.23. The molecule has 0 radical (unpaired) electrons. The Morgan fingerprint density at radius 1 is 0.880 bits per heavy atom. The van der Waals surface area contributed by atoms with Gasteiger partial charge in [0.15, 0.2) is 0 Å². The molecular weight excluding hydrogens is 310 g/mol. The highest BCUT2D eigenvalue weighted by Crippen LogP contribution is 2.10. The Bertz CT molecular complexity index is 1080. The molecule has 124 valence electrons. The van der Waals surface area contributed by atoms with E-state index in [0.29, 0.717) is 17.9 Å². The Hall–Kier alpha value is -3.21. The standard InChI is InChI=1S/C20H19N5/c1-15-13-16(2)25-20(21-15)23-19(22-18-11-7-4-8-12-18)24(25)14-17-9-5-3-6-10-17/h3-13H,14H2,1-2H3. The van der Waals surface area contributed by atoms with Gasteiger partial charge in [0.05, 0.1) is 12.2 Å². The van der Waals surface area contributed by atoms with Gasteiger partial charge in [0.1, 0.15) is 0 Å². The number of aromatic nitrogens is 4. The molecule has 0 N–H and O–H groups in total. The number of benzene rings is 2. The fourth-order valence-corrected chi connectivity index (χ4v) is 2.96. The minimum absolute atomic E-state index is 0.649. The zero-order valence-corrected chi connectivity index (χ0v) is 14.3. The molecule has 25 heavy (non-hydrogen) atoms. The fourth-order valence-electron chi connectivity index (χ4n) is 2.96. The SMILES string of the molecule is Cc1cc(C)n2c(n1)nc(=Nc1ccccc1)n2Cc1ccccc1. The average molecular weight is 329 g/mol. The molecule has 0 aliphatic rings. The van der Waals surface area contributed by atoms with Crippen LogP contribution in [0, 0.1) is 13.8 Å². The monoisotopic (exact) mass is 329 g/mol. The highest BCUT2D eigenvalue weighted by Gasteiger charge is 2.10. The van der Waals surface area contributed by atoms with E-state index in [0.717, 1.165) is 17.1 Å². The van der Waals surface area contributed by atoms with Crippen LogP contribution in [0.4, 0.5) is 5.69 Å². The molecule has 0 aliphatic heterocycles. The molecule has 0 bridgehead atoms. The van der Waals surface area contributed by atoms with Crippen LogP contribution in [0.2, 0.25) is 0 Å². The van der Waals surface area contributed by atoms with Crippen LogP contribution >= 0.6 is 0 Å². The number of hydrogen-bond acceptors (Lipinski definition) is 3. The summed E-state index contributed by atoms with van der Waals surface area (Å²) in [5.41, 5.74) is 4.76. The van der Waals surface area contributed by atoms with Crippen molar-refractivity contribution in [3.63, 3.8) is 0 Å². The molecule has 0 aliphatic carbocycles. The first-order valence-corrected chi connectivity index (χ1v) is 8.28. The maximum absolute atomic E-state index is 4.74. The summed E-state index contributed by atoms with van der Waals surface area (Å²) in [4.78, 5) is 14.0. The second-order valence-corrected chi connectivity index (χ2v) is 6.05. The van der Waals surface area contributed by atoms with Crippen LogP contribution in [0.25, 0.3) is 5.78 Å². The van der Waals surface area contributed by atoms with Crippen molar-refractivity contribution >= 4 is 11.5 Å². The van der Waals surface area contributed by atoms with Gasteiger partial charge < -0.3 is 0 Å². The highest BCUT2D eigenvalue weighted by atomic mass is 15.4. The molecule has 0 fully saturated rings.